The van der Waals surface area contributed by atoms with E-state index in [9.17, 15) is 0 Å². The molecule has 0 fully saturated rings. The molecule has 0 aromatic carbocycles. The van der Waals surface area contributed by atoms with E-state index in [-0.39, 0.29) is 44.8 Å². The molecule has 0 rings (SSSR count). The second-order valence-corrected chi connectivity index (χ2v) is 24.8. The summed E-state index contributed by atoms with van der Waals surface area (Å²) in [4.78, 5) is 0. The summed E-state index contributed by atoms with van der Waals surface area (Å²) < 4.78 is 42.9. The van der Waals surface area contributed by atoms with Crippen molar-refractivity contribution < 1.29 is 37.9 Å². The lowest BCUT2D eigenvalue weighted by Crippen LogP contribution is -2.20. The highest BCUT2D eigenvalue weighted by Gasteiger charge is 2.12. The highest BCUT2D eigenvalue weighted by atomic mass is 79.9. The van der Waals surface area contributed by atoms with Crippen LogP contribution in [0.2, 0.25) is 0 Å². The smallest absolute Gasteiger partial charge is 0.0608 e. The quantitative estimate of drug-likeness (QED) is 0.0993. The van der Waals surface area contributed by atoms with Gasteiger partial charge in [-0.15, -0.1) is 11.6 Å². The molecular formula is C56H126BrClO8. The molecule has 0 aromatic rings. The van der Waals surface area contributed by atoms with E-state index in [0.717, 1.165) is 51.6 Å². The predicted molar refractivity (Wildman–Crippen MR) is 301 cm³/mol. The average Bonchev–Trinajstić information content (AvgIpc) is 3.09. The van der Waals surface area contributed by atoms with Crippen molar-refractivity contribution >= 4 is 27.5 Å². The number of ether oxygens (including phenoxy) is 8. The van der Waals surface area contributed by atoms with E-state index in [0.29, 0.717) is 12.5 Å². The first-order valence-corrected chi connectivity index (χ1v) is 27.4. The van der Waals surface area contributed by atoms with Crippen LogP contribution in [-0.2, 0) is 37.9 Å². The van der Waals surface area contributed by atoms with Gasteiger partial charge in [-0.25, -0.2) is 0 Å². The molecule has 0 saturated carbocycles. The zero-order chi connectivity index (χ0) is 54.4. The molecule has 0 bridgehead atoms. The fourth-order valence-electron chi connectivity index (χ4n) is 3.65. The van der Waals surface area contributed by atoms with Crippen LogP contribution in [0.15, 0.2) is 0 Å². The van der Waals surface area contributed by atoms with Crippen molar-refractivity contribution in [3.8, 4) is 0 Å². The number of halogens is 2. The third-order valence-electron chi connectivity index (χ3n) is 6.51. The summed E-state index contributed by atoms with van der Waals surface area (Å²) >= 11 is 8.66. The summed E-state index contributed by atoms with van der Waals surface area (Å²) in [5.41, 5.74) is 0.293. The second kappa shape index (κ2) is 49.0. The Balaban J connectivity index is -0.0000000973. The van der Waals surface area contributed by atoms with Gasteiger partial charge in [0.1, 0.15) is 0 Å². The highest BCUT2D eigenvalue weighted by Crippen LogP contribution is 2.11. The van der Waals surface area contributed by atoms with Crippen LogP contribution < -0.4 is 0 Å². The summed E-state index contributed by atoms with van der Waals surface area (Å²) in [6.07, 6.45) is 9.58. The Kier molecular flexibility index (Phi) is 61.9. The lowest BCUT2D eigenvalue weighted by molar-refractivity contribution is -0.00452. The van der Waals surface area contributed by atoms with E-state index in [1.165, 1.54) is 51.4 Å². The molecule has 0 aliphatic heterocycles. The van der Waals surface area contributed by atoms with E-state index >= 15 is 0 Å². The van der Waals surface area contributed by atoms with Gasteiger partial charge in [0.15, 0.2) is 0 Å². The minimum Gasteiger partial charge on any atom is -0.376 e. The Morgan fingerprint density at radius 2 is 0.439 bits per heavy atom. The third-order valence-corrected chi connectivity index (χ3v) is 6.99. The molecule has 412 valence electrons. The topological polar surface area (TPSA) is 73.8 Å². The molecule has 0 N–H and O–H groups in total. The fraction of sp³-hybridized carbons (Fsp3) is 1.00. The standard InChI is InChI=1S/4C8H18O.C6H13BrO.C6H13ClO.2C6H14O/c4*1-5-6-7-9-8(2,3)4;2*1-6(2,3)8-5-4-7;2*1-5-7-6(2,3)4/h4*5-7H2,1-4H3;2*4-5H2,1-3H3;2*5H2,1-4H3. The monoisotopic (exact) mass is 1040 g/mol. The SMILES string of the molecule is CC(C)(C)OCCBr.CC(C)(C)OCCCl.CCCCOC(C)(C)C.CCCCOC(C)(C)C.CCCCOC(C)(C)C.CCCCOC(C)(C)C.CCOC(C)(C)C.CCOC(C)(C)C. The summed E-state index contributed by atoms with van der Waals surface area (Å²) in [5.74, 6) is 0.581. The maximum Gasteiger partial charge on any atom is 0.0608 e. The van der Waals surface area contributed by atoms with Crippen LogP contribution in [0.4, 0.5) is 0 Å². The van der Waals surface area contributed by atoms with Gasteiger partial charge in [0.2, 0.25) is 0 Å². The van der Waals surface area contributed by atoms with E-state index in [1.54, 1.807) is 0 Å². The van der Waals surface area contributed by atoms with E-state index in [1.807, 2.05) is 34.6 Å². The van der Waals surface area contributed by atoms with Gasteiger partial charge < -0.3 is 37.9 Å². The molecule has 10 heteroatoms. The maximum absolute atomic E-state index is 5.47. The molecule has 0 atom stereocenters. The minimum absolute atomic E-state index is 0.0216. The lowest BCUT2D eigenvalue weighted by atomic mass is 10.2. The Bertz CT molecular complexity index is 779. The van der Waals surface area contributed by atoms with E-state index in [2.05, 4.69) is 189 Å². The molecule has 66 heavy (non-hydrogen) atoms. The van der Waals surface area contributed by atoms with Crippen LogP contribution >= 0.6 is 27.5 Å². The third kappa shape index (κ3) is 144. The van der Waals surface area contributed by atoms with Crippen molar-refractivity contribution in [3.05, 3.63) is 0 Å². The van der Waals surface area contributed by atoms with Crippen molar-refractivity contribution in [2.75, 3.05) is 64.1 Å². The minimum atomic E-state index is -0.0328. The average molecular weight is 1040 g/mol. The first-order valence-electron chi connectivity index (χ1n) is 25.7. The molecular weight excluding hydrogens is 916 g/mol. The molecule has 0 radical (unpaired) electrons. The van der Waals surface area contributed by atoms with Crippen LogP contribution in [-0.4, -0.2) is 109 Å². The van der Waals surface area contributed by atoms with Crippen molar-refractivity contribution in [1.29, 1.82) is 0 Å². The van der Waals surface area contributed by atoms with Crippen molar-refractivity contribution in [1.82, 2.24) is 0 Å². The lowest BCUT2D eigenvalue weighted by Gasteiger charge is -2.18. The fourth-order valence-corrected chi connectivity index (χ4v) is 3.89. The molecule has 0 aromatic heterocycles. The molecule has 0 heterocycles. The van der Waals surface area contributed by atoms with Crippen LogP contribution in [0.5, 0.6) is 0 Å². The van der Waals surface area contributed by atoms with Gasteiger partial charge in [0.25, 0.3) is 0 Å². The van der Waals surface area contributed by atoms with Gasteiger partial charge in [-0.05, 0) is 206 Å². The summed E-state index contributed by atoms with van der Waals surface area (Å²) in [5, 5.41) is 0.921. The van der Waals surface area contributed by atoms with Gasteiger partial charge in [-0.1, -0.05) is 69.3 Å². The second-order valence-electron chi connectivity index (χ2n) is 23.6. The Morgan fingerprint density at radius 1 is 0.273 bits per heavy atom. The summed E-state index contributed by atoms with van der Waals surface area (Å²) in [6, 6.07) is 0. The zero-order valence-corrected chi connectivity index (χ0v) is 53.1. The molecule has 0 aliphatic rings. The first kappa shape index (κ1) is 83.3. The number of hydrogen-bond acceptors (Lipinski definition) is 8. The van der Waals surface area contributed by atoms with Crippen molar-refractivity contribution in [2.24, 2.45) is 0 Å². The molecule has 0 saturated heterocycles. The van der Waals surface area contributed by atoms with Gasteiger partial charge in [0, 0.05) is 50.9 Å². The first-order chi connectivity index (χ1) is 29.5. The van der Waals surface area contributed by atoms with Crippen molar-refractivity contribution in [3.63, 3.8) is 0 Å². The van der Waals surface area contributed by atoms with Crippen molar-refractivity contribution in [2.45, 2.75) is 304 Å². The van der Waals surface area contributed by atoms with Gasteiger partial charge >= 0.3 is 0 Å². The summed E-state index contributed by atoms with van der Waals surface area (Å²) in [7, 11) is 0. The molecule has 0 spiro atoms. The van der Waals surface area contributed by atoms with Crippen LogP contribution in [0.25, 0.3) is 0 Å². The molecule has 0 unspecified atom stereocenters. The predicted octanol–water partition coefficient (Wildman–Crippen LogP) is 18.3. The van der Waals surface area contributed by atoms with Crippen LogP contribution in [0.1, 0.15) is 259 Å². The normalized spacial score (nSPS) is 12.0. The number of unbranched alkanes of at least 4 members (excludes halogenated alkanes) is 4. The van der Waals surface area contributed by atoms with E-state index < -0.39 is 0 Å². The maximum atomic E-state index is 5.47. The summed E-state index contributed by atoms with van der Waals surface area (Å²) in [6.45, 7) is 68.9. The number of rotatable bonds is 18. The van der Waals surface area contributed by atoms with Gasteiger partial charge in [0.05, 0.1) is 58.0 Å². The number of hydrogen-bond donors (Lipinski definition) is 0. The Morgan fingerprint density at radius 3 is 0.515 bits per heavy atom. The molecule has 0 amide bonds. The van der Waals surface area contributed by atoms with Gasteiger partial charge in [-0.3, -0.25) is 0 Å². The Hall–Kier alpha value is 0.450. The van der Waals surface area contributed by atoms with Gasteiger partial charge in [-0.2, -0.15) is 0 Å². The molecule has 8 nitrogen and oxygen atoms in total. The van der Waals surface area contributed by atoms with E-state index in [4.69, 9.17) is 49.5 Å². The zero-order valence-electron chi connectivity index (χ0n) is 50.7. The largest absolute Gasteiger partial charge is 0.376 e. The van der Waals surface area contributed by atoms with Crippen LogP contribution in [0.3, 0.4) is 0 Å². The highest BCUT2D eigenvalue weighted by molar-refractivity contribution is 9.09. The number of alkyl halides is 2. The Labute approximate surface area is 431 Å². The molecule has 0 aliphatic carbocycles. The van der Waals surface area contributed by atoms with Crippen LogP contribution in [0, 0.1) is 0 Å².